The van der Waals surface area contributed by atoms with Crippen LogP contribution in [0.1, 0.15) is 10.4 Å². The summed E-state index contributed by atoms with van der Waals surface area (Å²) in [5, 5.41) is 2.46. The fourth-order valence-electron chi connectivity index (χ4n) is 2.55. The van der Waals surface area contributed by atoms with Crippen molar-refractivity contribution in [3.05, 3.63) is 58.6 Å². The minimum absolute atomic E-state index is 0.00678. The molecule has 1 saturated heterocycles. The number of rotatable bonds is 4. The molecule has 0 radical (unpaired) electrons. The zero-order valence-corrected chi connectivity index (χ0v) is 15.5. The van der Waals surface area contributed by atoms with E-state index in [1.807, 2.05) is 0 Å². The summed E-state index contributed by atoms with van der Waals surface area (Å²) in [6.07, 6.45) is 0. The van der Waals surface area contributed by atoms with Crippen LogP contribution < -0.4 is 5.32 Å². The quantitative estimate of drug-likeness (QED) is 0.831. The van der Waals surface area contributed by atoms with E-state index in [1.165, 1.54) is 22.5 Å². The summed E-state index contributed by atoms with van der Waals surface area (Å²) in [5.74, 6) is -2.95. The summed E-state index contributed by atoms with van der Waals surface area (Å²) in [7, 11) is -3.87. The number of ether oxygens (including phenoxy) is 1. The van der Waals surface area contributed by atoms with Crippen molar-refractivity contribution in [2.24, 2.45) is 0 Å². The average molecular weight is 417 g/mol. The Morgan fingerprint density at radius 3 is 2.44 bits per heavy atom. The SMILES string of the molecule is O=C(Nc1ccc(Cl)c(S(=O)(=O)N2CCOCC2)c1)c1ccc(F)c(F)c1. The van der Waals surface area contributed by atoms with E-state index >= 15 is 0 Å². The van der Waals surface area contributed by atoms with Crippen LogP contribution >= 0.6 is 11.6 Å². The highest BCUT2D eigenvalue weighted by atomic mass is 35.5. The molecule has 0 atom stereocenters. The molecule has 10 heteroatoms. The van der Waals surface area contributed by atoms with Crippen molar-refractivity contribution in [2.45, 2.75) is 4.90 Å². The standard InChI is InChI=1S/C17H15ClF2N2O4S/c18-13-3-2-12(21-17(23)11-1-4-14(19)15(20)9-11)10-16(13)27(24,25)22-5-7-26-8-6-22/h1-4,9-10H,5-8H2,(H,21,23). The van der Waals surface area contributed by atoms with E-state index < -0.39 is 27.6 Å². The summed E-state index contributed by atoms with van der Waals surface area (Å²) < 4.78 is 58.2. The van der Waals surface area contributed by atoms with Gasteiger partial charge in [-0.1, -0.05) is 11.6 Å². The summed E-state index contributed by atoms with van der Waals surface area (Å²) in [4.78, 5) is 12.1. The van der Waals surface area contributed by atoms with Crippen LogP contribution in [0.4, 0.5) is 14.5 Å². The first-order valence-corrected chi connectivity index (χ1v) is 9.75. The number of amides is 1. The second-order valence-corrected chi connectivity index (χ2v) is 8.06. The lowest BCUT2D eigenvalue weighted by Gasteiger charge is -2.26. The van der Waals surface area contributed by atoms with Crippen LogP contribution in [0.15, 0.2) is 41.3 Å². The third-order valence-corrected chi connectivity index (χ3v) is 6.34. The van der Waals surface area contributed by atoms with Crippen molar-refractivity contribution in [3.8, 4) is 0 Å². The maximum absolute atomic E-state index is 13.3. The molecule has 0 bridgehead atoms. The van der Waals surface area contributed by atoms with Gasteiger partial charge in [-0.25, -0.2) is 17.2 Å². The molecule has 2 aromatic carbocycles. The van der Waals surface area contributed by atoms with Gasteiger partial charge < -0.3 is 10.1 Å². The van der Waals surface area contributed by atoms with E-state index in [1.54, 1.807) is 0 Å². The smallest absolute Gasteiger partial charge is 0.255 e. The van der Waals surface area contributed by atoms with Gasteiger partial charge in [0.1, 0.15) is 4.90 Å². The van der Waals surface area contributed by atoms with Gasteiger partial charge >= 0.3 is 0 Å². The van der Waals surface area contributed by atoms with Crippen LogP contribution in [0.2, 0.25) is 5.02 Å². The molecular weight excluding hydrogens is 402 g/mol. The lowest BCUT2D eigenvalue weighted by atomic mass is 10.2. The number of morpholine rings is 1. The van der Waals surface area contributed by atoms with Crippen LogP contribution in [0, 0.1) is 11.6 Å². The van der Waals surface area contributed by atoms with Crippen molar-refractivity contribution >= 4 is 33.2 Å². The van der Waals surface area contributed by atoms with Gasteiger partial charge in [0.25, 0.3) is 5.91 Å². The van der Waals surface area contributed by atoms with Gasteiger partial charge in [-0.2, -0.15) is 4.31 Å². The molecule has 1 N–H and O–H groups in total. The molecule has 144 valence electrons. The summed E-state index contributed by atoms with van der Waals surface area (Å²) >= 11 is 6.05. The highest BCUT2D eigenvalue weighted by Crippen LogP contribution is 2.28. The molecule has 0 unspecified atom stereocenters. The number of nitrogens with one attached hydrogen (secondary N) is 1. The fourth-order valence-corrected chi connectivity index (χ4v) is 4.45. The minimum atomic E-state index is -3.87. The molecule has 6 nitrogen and oxygen atoms in total. The Morgan fingerprint density at radius 2 is 1.78 bits per heavy atom. The topological polar surface area (TPSA) is 75.7 Å². The molecule has 0 aliphatic carbocycles. The summed E-state index contributed by atoms with van der Waals surface area (Å²) in [6.45, 7) is 0.959. The van der Waals surface area contributed by atoms with E-state index in [-0.39, 0.29) is 47.5 Å². The van der Waals surface area contributed by atoms with Crippen molar-refractivity contribution < 1.29 is 26.7 Å². The minimum Gasteiger partial charge on any atom is -0.379 e. The maximum atomic E-state index is 13.3. The van der Waals surface area contributed by atoms with E-state index in [9.17, 15) is 22.0 Å². The summed E-state index contributed by atoms with van der Waals surface area (Å²) in [6, 6.07) is 6.69. The molecule has 3 rings (SSSR count). The van der Waals surface area contributed by atoms with Crippen molar-refractivity contribution in [1.82, 2.24) is 4.31 Å². The number of benzene rings is 2. The number of halogens is 3. The number of hydrogen-bond acceptors (Lipinski definition) is 4. The second-order valence-electron chi connectivity index (χ2n) is 5.74. The van der Waals surface area contributed by atoms with Gasteiger partial charge in [0.2, 0.25) is 10.0 Å². The molecule has 1 aliphatic heterocycles. The number of carbonyl (C=O) groups is 1. The Hall–Kier alpha value is -2.07. The molecule has 0 spiro atoms. The second kappa shape index (κ2) is 7.89. The number of nitrogens with zero attached hydrogens (tertiary/aromatic N) is 1. The van der Waals surface area contributed by atoms with Crippen LogP contribution in [-0.2, 0) is 14.8 Å². The fraction of sp³-hybridized carbons (Fsp3) is 0.235. The van der Waals surface area contributed by atoms with Gasteiger partial charge in [0, 0.05) is 24.3 Å². The Bertz CT molecular complexity index is 979. The Kier molecular flexibility index (Phi) is 5.75. The Balaban J connectivity index is 1.86. The highest BCUT2D eigenvalue weighted by molar-refractivity contribution is 7.89. The highest BCUT2D eigenvalue weighted by Gasteiger charge is 2.28. The molecule has 1 heterocycles. The predicted molar refractivity (Wildman–Crippen MR) is 95.3 cm³/mol. The first-order chi connectivity index (χ1) is 12.8. The first-order valence-electron chi connectivity index (χ1n) is 7.93. The van der Waals surface area contributed by atoms with Gasteiger partial charge in [0.15, 0.2) is 11.6 Å². The molecule has 2 aromatic rings. The Morgan fingerprint density at radius 1 is 1.07 bits per heavy atom. The maximum Gasteiger partial charge on any atom is 0.255 e. The first kappa shape index (κ1) is 19.7. The zero-order chi connectivity index (χ0) is 19.6. The summed E-state index contributed by atoms with van der Waals surface area (Å²) in [5.41, 5.74) is 0.0439. The van der Waals surface area contributed by atoms with Crippen molar-refractivity contribution in [1.29, 1.82) is 0 Å². The largest absolute Gasteiger partial charge is 0.379 e. The van der Waals surface area contributed by atoms with Crippen molar-refractivity contribution in [3.63, 3.8) is 0 Å². The van der Waals surface area contributed by atoms with Gasteiger partial charge in [-0.3, -0.25) is 4.79 Å². The number of hydrogen-bond donors (Lipinski definition) is 1. The number of anilines is 1. The monoisotopic (exact) mass is 416 g/mol. The molecule has 0 aromatic heterocycles. The predicted octanol–water partition coefficient (Wildman–Crippen LogP) is 2.89. The van der Waals surface area contributed by atoms with Crippen molar-refractivity contribution in [2.75, 3.05) is 31.6 Å². The average Bonchev–Trinajstić information content (AvgIpc) is 2.66. The van der Waals surface area contributed by atoms with Crippen LogP contribution in [0.3, 0.4) is 0 Å². The van der Waals surface area contributed by atoms with Crippen LogP contribution in [-0.4, -0.2) is 44.9 Å². The molecular formula is C17H15ClF2N2O4S. The zero-order valence-electron chi connectivity index (χ0n) is 13.9. The van der Waals surface area contributed by atoms with Gasteiger partial charge in [-0.15, -0.1) is 0 Å². The van der Waals surface area contributed by atoms with E-state index in [4.69, 9.17) is 16.3 Å². The van der Waals surface area contributed by atoms with Crippen LogP contribution in [0.5, 0.6) is 0 Å². The molecule has 1 aliphatic rings. The van der Waals surface area contributed by atoms with Gasteiger partial charge in [0.05, 0.1) is 18.2 Å². The molecule has 27 heavy (non-hydrogen) atoms. The third-order valence-electron chi connectivity index (χ3n) is 3.96. The third kappa shape index (κ3) is 4.27. The number of sulfonamides is 1. The lowest BCUT2D eigenvalue weighted by molar-refractivity contribution is 0.0730. The number of carbonyl (C=O) groups excluding carboxylic acids is 1. The molecule has 1 fully saturated rings. The van der Waals surface area contributed by atoms with Crippen LogP contribution in [0.25, 0.3) is 0 Å². The van der Waals surface area contributed by atoms with E-state index in [0.717, 1.165) is 18.2 Å². The van der Waals surface area contributed by atoms with E-state index in [0.29, 0.717) is 0 Å². The van der Waals surface area contributed by atoms with E-state index in [2.05, 4.69) is 5.32 Å². The molecule has 0 saturated carbocycles. The Labute approximate surface area is 159 Å². The molecule has 1 amide bonds. The normalized spacial score (nSPS) is 15.5. The lowest BCUT2D eigenvalue weighted by Crippen LogP contribution is -2.40. The van der Waals surface area contributed by atoms with Gasteiger partial charge in [-0.05, 0) is 36.4 Å².